The highest BCUT2D eigenvalue weighted by atomic mass is 19.1. The van der Waals surface area contributed by atoms with E-state index in [4.69, 9.17) is 0 Å². The van der Waals surface area contributed by atoms with Gasteiger partial charge in [-0.25, -0.2) is 4.39 Å². The largest absolute Gasteiger partial charge is 0.480 e. The van der Waals surface area contributed by atoms with Crippen LogP contribution in [-0.2, 0) is 4.79 Å². The second kappa shape index (κ2) is 5.93. The molecule has 4 nitrogen and oxygen atoms in total. The molecule has 1 aromatic carbocycles. The van der Waals surface area contributed by atoms with Crippen molar-refractivity contribution in [3.8, 4) is 0 Å². The Morgan fingerprint density at radius 1 is 1.44 bits per heavy atom. The minimum absolute atomic E-state index is 0.285. The number of rotatable bonds is 5. The normalized spacial score (nSPS) is 14.6. The molecule has 0 saturated heterocycles. The van der Waals surface area contributed by atoms with Crippen LogP contribution in [0.5, 0.6) is 0 Å². The Bertz CT molecular complexity index is 435. The maximum absolute atomic E-state index is 13.3. The van der Waals surface area contributed by atoms with Gasteiger partial charge < -0.3 is 15.3 Å². The number of carboxylic acid groups (broad SMARTS) is 1. The minimum atomic E-state index is -0.932. The van der Waals surface area contributed by atoms with Crippen LogP contribution in [0.3, 0.4) is 0 Å². The van der Waals surface area contributed by atoms with E-state index in [-0.39, 0.29) is 11.9 Å². The lowest BCUT2D eigenvalue weighted by Crippen LogP contribution is -2.45. The molecule has 1 aromatic rings. The van der Waals surface area contributed by atoms with Crippen LogP contribution >= 0.6 is 0 Å². The quantitative estimate of drug-likeness (QED) is 0.834. The van der Waals surface area contributed by atoms with Gasteiger partial charge in [0.15, 0.2) is 0 Å². The van der Waals surface area contributed by atoms with Gasteiger partial charge in [0.25, 0.3) is 0 Å². The molecule has 0 radical (unpaired) electrons. The van der Waals surface area contributed by atoms with Crippen LogP contribution in [-0.4, -0.2) is 43.2 Å². The number of nitrogens with one attached hydrogen (secondary N) is 1. The van der Waals surface area contributed by atoms with Gasteiger partial charge in [-0.15, -0.1) is 0 Å². The molecule has 0 aliphatic carbocycles. The van der Waals surface area contributed by atoms with Gasteiger partial charge in [0.2, 0.25) is 0 Å². The Balaban J connectivity index is 3.19. The van der Waals surface area contributed by atoms with Crippen LogP contribution in [0.1, 0.15) is 17.2 Å². The minimum Gasteiger partial charge on any atom is -0.480 e. The molecule has 0 bridgehead atoms. The van der Waals surface area contributed by atoms with Crippen LogP contribution in [0.25, 0.3) is 0 Å². The lowest BCUT2D eigenvalue weighted by molar-refractivity contribution is -0.141. The molecule has 0 spiro atoms. The number of aryl methyl sites for hydroxylation is 1. The van der Waals surface area contributed by atoms with Gasteiger partial charge >= 0.3 is 5.97 Å². The third kappa shape index (κ3) is 3.05. The molecule has 2 atom stereocenters. The summed E-state index contributed by atoms with van der Waals surface area (Å²) in [5.74, 6) is -1.22. The predicted molar refractivity (Wildman–Crippen MR) is 68.0 cm³/mol. The second-order valence-corrected chi connectivity index (χ2v) is 4.52. The Morgan fingerprint density at radius 2 is 2.06 bits per heavy atom. The third-order valence-electron chi connectivity index (χ3n) is 2.97. The van der Waals surface area contributed by atoms with Crippen molar-refractivity contribution in [2.45, 2.75) is 19.0 Å². The summed E-state index contributed by atoms with van der Waals surface area (Å²) in [7, 11) is 5.21. The Hall–Kier alpha value is -1.46. The molecular formula is C13H19FN2O2. The zero-order valence-electron chi connectivity index (χ0n) is 11.1. The molecule has 2 N–H and O–H groups in total. The highest BCUT2D eigenvalue weighted by Crippen LogP contribution is 2.24. The average molecular weight is 254 g/mol. The summed E-state index contributed by atoms with van der Waals surface area (Å²) in [5, 5.41) is 12.0. The molecule has 100 valence electrons. The molecular weight excluding hydrogens is 235 g/mol. The number of nitrogens with zero attached hydrogens (tertiary/aromatic N) is 1. The van der Waals surface area contributed by atoms with Crippen LogP contribution in [0.15, 0.2) is 18.2 Å². The van der Waals surface area contributed by atoms with E-state index in [1.807, 2.05) is 4.90 Å². The fourth-order valence-electron chi connectivity index (χ4n) is 2.06. The molecule has 0 aromatic heterocycles. The zero-order chi connectivity index (χ0) is 13.9. The summed E-state index contributed by atoms with van der Waals surface area (Å²) in [4.78, 5) is 13.0. The maximum Gasteiger partial charge on any atom is 0.322 e. The summed E-state index contributed by atoms with van der Waals surface area (Å²) in [5.41, 5.74) is 1.29. The lowest BCUT2D eigenvalue weighted by Gasteiger charge is -2.30. The van der Waals surface area contributed by atoms with Crippen molar-refractivity contribution >= 4 is 5.97 Å². The van der Waals surface area contributed by atoms with Crippen molar-refractivity contribution in [3.63, 3.8) is 0 Å². The fourth-order valence-corrected chi connectivity index (χ4v) is 2.06. The molecule has 0 aliphatic heterocycles. The average Bonchev–Trinajstić information content (AvgIpc) is 2.28. The van der Waals surface area contributed by atoms with E-state index >= 15 is 0 Å². The predicted octanol–water partition coefficient (Wildman–Crippen LogP) is 1.41. The van der Waals surface area contributed by atoms with E-state index in [0.29, 0.717) is 5.56 Å². The van der Waals surface area contributed by atoms with Crippen LogP contribution in [0, 0.1) is 12.7 Å². The van der Waals surface area contributed by atoms with Gasteiger partial charge in [0.1, 0.15) is 11.9 Å². The number of aliphatic carboxylic acids is 1. The first-order valence-corrected chi connectivity index (χ1v) is 5.71. The first kappa shape index (κ1) is 14.6. The number of hydrogen-bond donors (Lipinski definition) is 2. The zero-order valence-corrected chi connectivity index (χ0v) is 11.1. The lowest BCUT2D eigenvalue weighted by atomic mass is 9.96. The smallest absolute Gasteiger partial charge is 0.322 e. The Morgan fingerprint density at radius 3 is 2.44 bits per heavy atom. The number of hydrogen-bond acceptors (Lipinski definition) is 3. The van der Waals surface area contributed by atoms with Gasteiger partial charge in [-0.1, -0.05) is 12.1 Å². The van der Waals surface area contributed by atoms with Crippen molar-refractivity contribution in [1.82, 2.24) is 10.2 Å². The molecule has 1 rings (SSSR count). The summed E-state index contributed by atoms with van der Waals surface area (Å²) >= 11 is 0. The van der Waals surface area contributed by atoms with Crippen molar-refractivity contribution < 1.29 is 14.3 Å². The number of benzene rings is 1. The van der Waals surface area contributed by atoms with E-state index in [1.54, 1.807) is 40.2 Å². The number of carboxylic acids is 1. The van der Waals surface area contributed by atoms with E-state index < -0.39 is 12.0 Å². The van der Waals surface area contributed by atoms with Crippen LogP contribution in [0.2, 0.25) is 0 Å². The summed E-state index contributed by atoms with van der Waals surface area (Å²) in [6.07, 6.45) is 0. The first-order chi connectivity index (χ1) is 8.38. The van der Waals surface area contributed by atoms with E-state index in [0.717, 1.165) is 5.56 Å². The Kier molecular flexibility index (Phi) is 4.81. The van der Waals surface area contributed by atoms with Crippen molar-refractivity contribution in [1.29, 1.82) is 0 Å². The molecule has 0 heterocycles. The standard InChI is InChI=1S/C13H19FN2O2/c1-8-7-9(5-6-10(8)14)12(16(3)4)11(15-2)13(17)18/h5-7,11-12,15H,1-4H3,(H,17,18). The van der Waals surface area contributed by atoms with E-state index in [2.05, 4.69) is 5.32 Å². The van der Waals surface area contributed by atoms with E-state index in [1.165, 1.54) is 6.07 Å². The van der Waals surface area contributed by atoms with Crippen molar-refractivity contribution in [2.24, 2.45) is 0 Å². The monoisotopic (exact) mass is 254 g/mol. The SMILES string of the molecule is CNC(C(=O)O)C(c1ccc(F)c(C)c1)N(C)C. The number of carbonyl (C=O) groups is 1. The molecule has 5 heteroatoms. The molecule has 0 aliphatic rings. The Labute approximate surface area is 106 Å². The number of halogens is 1. The highest BCUT2D eigenvalue weighted by Gasteiger charge is 2.29. The molecule has 0 fully saturated rings. The van der Waals surface area contributed by atoms with Crippen molar-refractivity contribution in [2.75, 3.05) is 21.1 Å². The second-order valence-electron chi connectivity index (χ2n) is 4.52. The molecule has 2 unspecified atom stereocenters. The summed E-state index contributed by atoms with van der Waals surface area (Å²) in [6.45, 7) is 1.67. The number of likely N-dealkylation sites (N-methyl/N-ethyl adjacent to an activating group) is 2. The van der Waals surface area contributed by atoms with Gasteiger partial charge in [0.05, 0.1) is 6.04 Å². The molecule has 0 amide bonds. The van der Waals surface area contributed by atoms with Crippen molar-refractivity contribution in [3.05, 3.63) is 35.1 Å². The third-order valence-corrected chi connectivity index (χ3v) is 2.97. The topological polar surface area (TPSA) is 52.6 Å². The summed E-state index contributed by atoms with van der Waals surface area (Å²) < 4.78 is 13.3. The highest BCUT2D eigenvalue weighted by molar-refractivity contribution is 5.74. The van der Waals surface area contributed by atoms with Gasteiger partial charge in [-0.3, -0.25) is 4.79 Å². The summed E-state index contributed by atoms with van der Waals surface area (Å²) in [6, 6.07) is 3.58. The fraction of sp³-hybridized carbons (Fsp3) is 0.462. The molecule has 18 heavy (non-hydrogen) atoms. The van der Waals surface area contributed by atoms with Crippen LogP contribution < -0.4 is 5.32 Å². The van der Waals surface area contributed by atoms with Gasteiger partial charge in [0, 0.05) is 0 Å². The molecule has 0 saturated carbocycles. The van der Waals surface area contributed by atoms with E-state index in [9.17, 15) is 14.3 Å². The van der Waals surface area contributed by atoms with Gasteiger partial charge in [-0.2, -0.15) is 0 Å². The van der Waals surface area contributed by atoms with Crippen LogP contribution in [0.4, 0.5) is 4.39 Å². The maximum atomic E-state index is 13.3. The first-order valence-electron chi connectivity index (χ1n) is 5.71. The van der Waals surface area contributed by atoms with Gasteiger partial charge in [-0.05, 0) is 45.3 Å².